The fourth-order valence-corrected chi connectivity index (χ4v) is 3.81. The summed E-state index contributed by atoms with van der Waals surface area (Å²) in [6.45, 7) is 7.41. The van der Waals surface area contributed by atoms with Gasteiger partial charge in [0.05, 0.1) is 6.54 Å². The highest BCUT2D eigenvalue weighted by atomic mass is 16.1. The number of amides is 1. The maximum absolute atomic E-state index is 12.4. The van der Waals surface area contributed by atoms with E-state index in [9.17, 15) is 4.79 Å². The summed E-state index contributed by atoms with van der Waals surface area (Å²) < 4.78 is 0. The van der Waals surface area contributed by atoms with Gasteiger partial charge in [-0.2, -0.15) is 5.10 Å². The smallest absolute Gasteiger partial charge is 0.223 e. The van der Waals surface area contributed by atoms with Crippen molar-refractivity contribution >= 4 is 11.9 Å². The van der Waals surface area contributed by atoms with Crippen molar-refractivity contribution in [1.29, 1.82) is 0 Å². The number of rotatable bonds is 7. The summed E-state index contributed by atoms with van der Waals surface area (Å²) in [6.07, 6.45) is 5.40. The van der Waals surface area contributed by atoms with Crippen LogP contribution in [-0.2, 0) is 11.3 Å². The van der Waals surface area contributed by atoms with Gasteiger partial charge in [-0.3, -0.25) is 9.89 Å². The number of aliphatic imine (C=N–C) groups is 1. The first-order valence-corrected chi connectivity index (χ1v) is 10.8. The van der Waals surface area contributed by atoms with Crippen LogP contribution < -0.4 is 16.0 Å². The minimum atomic E-state index is 0.0695. The van der Waals surface area contributed by atoms with E-state index in [4.69, 9.17) is 4.99 Å². The standard InChI is InChI=1S/C22H33N7O/c1-4-23-22(28-19-10-6-9-18(12-19)21(30)27-15(2)3)24-13-16-7-5-8-17(11-16)20-25-14-26-29-20/h5,7-8,11,14-15,18-19H,4,6,9-10,12-13H2,1-3H3,(H,27,30)(H2,23,24,28)(H,25,26,29). The monoisotopic (exact) mass is 411 g/mol. The number of hydrogen-bond acceptors (Lipinski definition) is 4. The molecule has 4 N–H and O–H groups in total. The molecule has 8 heteroatoms. The molecule has 1 fully saturated rings. The van der Waals surface area contributed by atoms with Crippen LogP contribution in [0.2, 0.25) is 0 Å². The number of benzene rings is 1. The van der Waals surface area contributed by atoms with Gasteiger partial charge in [-0.25, -0.2) is 9.98 Å². The number of nitrogens with one attached hydrogen (secondary N) is 4. The van der Waals surface area contributed by atoms with Gasteiger partial charge >= 0.3 is 0 Å². The number of carbonyl (C=O) groups is 1. The molecule has 2 atom stereocenters. The van der Waals surface area contributed by atoms with Crippen LogP contribution in [0.1, 0.15) is 52.0 Å². The second-order valence-corrected chi connectivity index (χ2v) is 8.10. The molecule has 1 amide bonds. The summed E-state index contributed by atoms with van der Waals surface area (Å²) in [5.41, 5.74) is 2.09. The minimum Gasteiger partial charge on any atom is -0.357 e. The molecule has 1 saturated carbocycles. The molecule has 0 saturated heterocycles. The summed E-state index contributed by atoms with van der Waals surface area (Å²) in [5.74, 6) is 1.78. The highest BCUT2D eigenvalue weighted by molar-refractivity contribution is 5.81. The quantitative estimate of drug-likeness (QED) is 0.414. The van der Waals surface area contributed by atoms with Crippen molar-refractivity contribution in [3.05, 3.63) is 36.2 Å². The molecule has 1 aliphatic rings. The normalized spacial score (nSPS) is 19.5. The molecule has 0 bridgehead atoms. The van der Waals surface area contributed by atoms with E-state index in [0.29, 0.717) is 6.54 Å². The average molecular weight is 412 g/mol. The lowest BCUT2D eigenvalue weighted by Gasteiger charge is -2.30. The molecule has 1 aromatic carbocycles. The van der Waals surface area contributed by atoms with Gasteiger partial charge in [-0.05, 0) is 51.7 Å². The van der Waals surface area contributed by atoms with Crippen LogP contribution in [0, 0.1) is 5.92 Å². The first kappa shape index (κ1) is 21.8. The fraction of sp³-hybridized carbons (Fsp3) is 0.545. The summed E-state index contributed by atoms with van der Waals surface area (Å²) in [7, 11) is 0. The van der Waals surface area contributed by atoms with Gasteiger partial charge in [0.25, 0.3) is 0 Å². The van der Waals surface area contributed by atoms with Crippen LogP contribution in [0.25, 0.3) is 11.4 Å². The molecule has 30 heavy (non-hydrogen) atoms. The van der Waals surface area contributed by atoms with E-state index in [1.807, 2.05) is 26.0 Å². The maximum atomic E-state index is 12.4. The lowest BCUT2D eigenvalue weighted by molar-refractivity contribution is -0.126. The molecule has 2 unspecified atom stereocenters. The van der Waals surface area contributed by atoms with Gasteiger partial charge < -0.3 is 16.0 Å². The van der Waals surface area contributed by atoms with Gasteiger partial charge in [0, 0.05) is 30.1 Å². The number of carbonyl (C=O) groups excluding carboxylic acids is 1. The van der Waals surface area contributed by atoms with Crippen molar-refractivity contribution in [3.8, 4) is 11.4 Å². The lowest BCUT2D eigenvalue weighted by Crippen LogP contribution is -2.47. The van der Waals surface area contributed by atoms with Crippen LogP contribution >= 0.6 is 0 Å². The fourth-order valence-electron chi connectivity index (χ4n) is 3.81. The molecule has 0 spiro atoms. The summed E-state index contributed by atoms with van der Waals surface area (Å²) in [5, 5.41) is 16.7. The van der Waals surface area contributed by atoms with Gasteiger partial charge in [-0.15, -0.1) is 0 Å². The van der Waals surface area contributed by atoms with Gasteiger partial charge in [0.2, 0.25) is 5.91 Å². The Morgan fingerprint density at radius 3 is 2.93 bits per heavy atom. The van der Waals surface area contributed by atoms with Crippen molar-refractivity contribution in [2.24, 2.45) is 10.9 Å². The molecule has 3 rings (SSSR count). The lowest BCUT2D eigenvalue weighted by atomic mass is 9.85. The zero-order valence-corrected chi connectivity index (χ0v) is 18.1. The van der Waals surface area contributed by atoms with Gasteiger partial charge in [-0.1, -0.05) is 24.6 Å². The Labute approximate surface area is 178 Å². The van der Waals surface area contributed by atoms with Crippen LogP contribution in [-0.4, -0.2) is 45.7 Å². The Kier molecular flexibility index (Phi) is 7.82. The molecular formula is C22H33N7O. The average Bonchev–Trinajstić information content (AvgIpc) is 3.27. The van der Waals surface area contributed by atoms with E-state index in [-0.39, 0.29) is 23.9 Å². The van der Waals surface area contributed by atoms with E-state index >= 15 is 0 Å². The molecular weight excluding hydrogens is 378 g/mol. The third kappa shape index (κ3) is 6.30. The summed E-state index contributed by atoms with van der Waals surface area (Å²) in [4.78, 5) is 21.4. The second kappa shape index (κ2) is 10.8. The Bertz CT molecular complexity index is 832. The molecule has 2 aromatic rings. The van der Waals surface area contributed by atoms with Crippen LogP contribution in [0.15, 0.2) is 35.6 Å². The predicted molar refractivity (Wildman–Crippen MR) is 119 cm³/mol. The van der Waals surface area contributed by atoms with E-state index in [2.05, 4.69) is 50.2 Å². The first-order valence-electron chi connectivity index (χ1n) is 10.8. The van der Waals surface area contributed by atoms with E-state index < -0.39 is 0 Å². The van der Waals surface area contributed by atoms with E-state index in [0.717, 1.165) is 55.1 Å². The Balaban J connectivity index is 1.62. The Morgan fingerprint density at radius 1 is 1.33 bits per heavy atom. The molecule has 1 aromatic heterocycles. The highest BCUT2D eigenvalue weighted by Gasteiger charge is 2.28. The Morgan fingerprint density at radius 2 is 2.20 bits per heavy atom. The number of hydrogen-bond donors (Lipinski definition) is 4. The molecule has 0 aliphatic heterocycles. The first-order chi connectivity index (χ1) is 14.5. The SMILES string of the molecule is CCNC(=NCc1cccc(-c2ncn[nH]2)c1)NC1CCCC(C(=O)NC(C)C)C1. The maximum Gasteiger partial charge on any atom is 0.223 e. The molecule has 0 radical (unpaired) electrons. The molecule has 8 nitrogen and oxygen atoms in total. The van der Waals surface area contributed by atoms with Gasteiger partial charge in [0.1, 0.15) is 6.33 Å². The number of aromatic amines is 1. The number of nitrogens with zero attached hydrogens (tertiary/aromatic N) is 3. The van der Waals surface area contributed by atoms with Crippen molar-refractivity contribution in [3.63, 3.8) is 0 Å². The van der Waals surface area contributed by atoms with Crippen LogP contribution in [0.4, 0.5) is 0 Å². The second-order valence-electron chi connectivity index (χ2n) is 8.10. The van der Waals surface area contributed by atoms with E-state index in [1.54, 1.807) is 0 Å². The third-order valence-electron chi connectivity index (χ3n) is 5.20. The molecule has 162 valence electrons. The number of guanidine groups is 1. The zero-order valence-electron chi connectivity index (χ0n) is 18.1. The molecule has 1 aliphatic carbocycles. The molecule has 1 heterocycles. The van der Waals surface area contributed by atoms with Crippen LogP contribution in [0.5, 0.6) is 0 Å². The van der Waals surface area contributed by atoms with Crippen molar-refractivity contribution in [1.82, 2.24) is 31.1 Å². The van der Waals surface area contributed by atoms with E-state index in [1.165, 1.54) is 6.33 Å². The van der Waals surface area contributed by atoms with Crippen molar-refractivity contribution in [2.75, 3.05) is 6.54 Å². The summed E-state index contributed by atoms with van der Waals surface area (Å²) in [6, 6.07) is 8.56. The van der Waals surface area contributed by atoms with Crippen molar-refractivity contribution < 1.29 is 4.79 Å². The zero-order chi connectivity index (χ0) is 21.3. The third-order valence-corrected chi connectivity index (χ3v) is 5.20. The largest absolute Gasteiger partial charge is 0.357 e. The predicted octanol–water partition coefficient (Wildman–Crippen LogP) is 2.61. The topological polar surface area (TPSA) is 107 Å². The number of aromatic nitrogens is 3. The number of H-pyrrole nitrogens is 1. The van der Waals surface area contributed by atoms with Gasteiger partial charge in [0.15, 0.2) is 11.8 Å². The highest BCUT2D eigenvalue weighted by Crippen LogP contribution is 2.24. The van der Waals surface area contributed by atoms with Crippen LogP contribution in [0.3, 0.4) is 0 Å². The minimum absolute atomic E-state index is 0.0695. The summed E-state index contributed by atoms with van der Waals surface area (Å²) >= 11 is 0. The van der Waals surface area contributed by atoms with Crippen molar-refractivity contribution in [2.45, 2.75) is 65.1 Å². The Hall–Kier alpha value is -2.90.